The third kappa shape index (κ3) is 0.954. The Kier molecular flexibility index (Phi) is 1.47. The fourth-order valence-electron chi connectivity index (χ4n) is 0.453. The summed E-state index contributed by atoms with van der Waals surface area (Å²) >= 11 is 0. The lowest BCUT2D eigenvalue weighted by Gasteiger charge is -2.09. The zero-order valence-electron chi connectivity index (χ0n) is 3.62. The van der Waals surface area contributed by atoms with E-state index in [0.717, 1.165) is 13.0 Å². The van der Waals surface area contributed by atoms with Gasteiger partial charge in [-0.15, -0.1) is 0 Å². The van der Waals surface area contributed by atoms with Crippen molar-refractivity contribution in [2.24, 2.45) is 0 Å². The van der Waals surface area contributed by atoms with Crippen LogP contribution in [0, 0.1) is 6.54 Å². The number of hydrazine groups is 1. The Morgan fingerprint density at radius 2 is 2.50 bits per heavy atom. The van der Waals surface area contributed by atoms with Gasteiger partial charge in [-0.05, 0) is 12.8 Å². The van der Waals surface area contributed by atoms with Crippen LogP contribution in [-0.2, 0) is 0 Å². The lowest BCUT2D eigenvalue weighted by atomic mass is 10.3. The van der Waals surface area contributed by atoms with Crippen LogP contribution in [0.2, 0.25) is 0 Å². The third-order valence-corrected chi connectivity index (χ3v) is 0.780. The molecule has 1 aliphatic heterocycles. The van der Waals surface area contributed by atoms with Crippen LogP contribution in [0.5, 0.6) is 0 Å². The first-order valence-corrected chi connectivity index (χ1v) is 2.21. The Morgan fingerprint density at radius 1 is 1.50 bits per heavy atom. The van der Waals surface area contributed by atoms with E-state index >= 15 is 0 Å². The van der Waals surface area contributed by atoms with E-state index in [-0.39, 0.29) is 0 Å². The van der Waals surface area contributed by atoms with Gasteiger partial charge in [0.1, 0.15) is 0 Å². The summed E-state index contributed by atoms with van der Waals surface area (Å²) in [6.07, 6.45) is 2.29. The lowest BCUT2D eigenvalue weighted by molar-refractivity contribution is 0.497. The van der Waals surface area contributed by atoms with Gasteiger partial charge in [0.2, 0.25) is 0 Å². The molecule has 1 fully saturated rings. The molecule has 1 aliphatic rings. The largest absolute Gasteiger partial charge is 0.257 e. The Balaban J connectivity index is 2.00. The van der Waals surface area contributed by atoms with E-state index < -0.39 is 0 Å². The van der Waals surface area contributed by atoms with E-state index in [1.165, 1.54) is 6.42 Å². The van der Waals surface area contributed by atoms with Gasteiger partial charge < -0.3 is 0 Å². The maximum absolute atomic E-state index is 2.92. The topological polar surface area (TPSA) is 24.1 Å². The van der Waals surface area contributed by atoms with Gasteiger partial charge in [-0.2, -0.15) is 0 Å². The van der Waals surface area contributed by atoms with E-state index in [0.29, 0.717) is 0 Å². The molecular weight excluding hydrogens is 76.1 g/mol. The highest BCUT2D eigenvalue weighted by Gasteiger charge is 1.93. The summed E-state index contributed by atoms with van der Waals surface area (Å²) in [6, 6.07) is 0. The second-order valence-electron chi connectivity index (χ2n) is 1.33. The summed E-state index contributed by atoms with van der Waals surface area (Å²) < 4.78 is 0. The molecule has 0 atom stereocenters. The predicted molar refractivity (Wildman–Crippen MR) is 23.6 cm³/mol. The van der Waals surface area contributed by atoms with E-state index in [9.17, 15) is 0 Å². The average molecular weight is 84.1 g/mol. The molecule has 6 heavy (non-hydrogen) atoms. The van der Waals surface area contributed by atoms with Crippen molar-refractivity contribution in [1.82, 2.24) is 10.9 Å². The van der Waals surface area contributed by atoms with Crippen molar-refractivity contribution in [3.63, 3.8) is 0 Å². The fourth-order valence-corrected chi connectivity index (χ4v) is 0.453. The Hall–Kier alpha value is -0.0800. The molecule has 0 amide bonds. The molecule has 1 rings (SSSR count). The highest BCUT2D eigenvalue weighted by atomic mass is 15.4. The molecule has 2 heteroatoms. The number of hydrogen-bond acceptors (Lipinski definition) is 2. The minimum Gasteiger partial charge on any atom is -0.257 e. The van der Waals surface area contributed by atoms with Crippen LogP contribution in [-0.4, -0.2) is 6.54 Å². The second kappa shape index (κ2) is 2.16. The van der Waals surface area contributed by atoms with Gasteiger partial charge >= 0.3 is 0 Å². The standard InChI is InChI=1S/C4H8N2/c1-2-4-6-5-3-1/h5-6H,1-3H2. The summed E-state index contributed by atoms with van der Waals surface area (Å²) in [4.78, 5) is 0. The Bertz CT molecular complexity index is 21.0. The minimum absolute atomic E-state index is 1.08. The van der Waals surface area contributed by atoms with E-state index in [2.05, 4.69) is 17.4 Å². The normalized spacial score (nSPS) is 24.0. The van der Waals surface area contributed by atoms with Gasteiger partial charge in [0.05, 0.1) is 6.54 Å². The van der Waals surface area contributed by atoms with Gasteiger partial charge in [-0.3, -0.25) is 5.43 Å². The van der Waals surface area contributed by atoms with Crippen LogP contribution < -0.4 is 10.9 Å². The number of hydrogen-bond donors (Lipinski definition) is 2. The first kappa shape index (κ1) is 4.09. The first-order valence-electron chi connectivity index (χ1n) is 2.21. The maximum Gasteiger partial charge on any atom is 0.0750 e. The van der Waals surface area contributed by atoms with Crippen LogP contribution in [0.15, 0.2) is 0 Å². The molecule has 0 spiro atoms. The fraction of sp³-hybridized carbons (Fsp3) is 0.750. The van der Waals surface area contributed by atoms with Gasteiger partial charge in [0, 0.05) is 6.54 Å². The number of rotatable bonds is 0. The monoisotopic (exact) mass is 84.1 g/mol. The highest BCUT2D eigenvalue weighted by molar-refractivity contribution is 4.63. The zero-order chi connectivity index (χ0) is 4.24. The van der Waals surface area contributed by atoms with Crippen molar-refractivity contribution in [2.45, 2.75) is 12.8 Å². The van der Waals surface area contributed by atoms with Gasteiger partial charge in [-0.25, -0.2) is 5.43 Å². The minimum atomic E-state index is 1.08. The molecule has 34 valence electrons. The molecule has 0 bridgehead atoms. The summed E-state index contributed by atoms with van der Waals surface area (Å²) in [5.74, 6) is 0. The van der Waals surface area contributed by atoms with Gasteiger partial charge in [-0.1, -0.05) is 0 Å². The maximum atomic E-state index is 2.92. The SMILES string of the molecule is [C]1CCCNN1. The van der Waals surface area contributed by atoms with Gasteiger partial charge in [0.15, 0.2) is 0 Å². The van der Waals surface area contributed by atoms with Crippen LogP contribution in [0.3, 0.4) is 0 Å². The molecule has 0 saturated carbocycles. The molecule has 0 aliphatic carbocycles. The summed E-state index contributed by atoms with van der Waals surface area (Å²) in [5.41, 5.74) is 5.71. The van der Waals surface area contributed by atoms with Crippen LogP contribution >= 0.6 is 0 Å². The molecule has 0 aromatic heterocycles. The summed E-state index contributed by atoms with van der Waals surface area (Å²) in [6.45, 7) is 4.00. The molecule has 2 N–H and O–H groups in total. The van der Waals surface area contributed by atoms with Gasteiger partial charge in [0.25, 0.3) is 0 Å². The molecule has 1 heterocycles. The van der Waals surface area contributed by atoms with Crippen molar-refractivity contribution in [3.05, 3.63) is 6.54 Å². The van der Waals surface area contributed by atoms with Crippen molar-refractivity contribution >= 4 is 0 Å². The Morgan fingerprint density at radius 3 is 2.67 bits per heavy atom. The second-order valence-corrected chi connectivity index (χ2v) is 1.33. The molecular formula is C4H8N2. The van der Waals surface area contributed by atoms with E-state index in [1.807, 2.05) is 0 Å². The quantitative estimate of drug-likeness (QED) is 0.428. The highest BCUT2D eigenvalue weighted by Crippen LogP contribution is 1.90. The van der Waals surface area contributed by atoms with Crippen molar-refractivity contribution in [1.29, 1.82) is 0 Å². The van der Waals surface area contributed by atoms with Crippen LogP contribution in [0.25, 0.3) is 0 Å². The zero-order valence-corrected chi connectivity index (χ0v) is 3.62. The lowest BCUT2D eigenvalue weighted by Crippen LogP contribution is -2.34. The van der Waals surface area contributed by atoms with E-state index in [1.54, 1.807) is 0 Å². The summed E-state index contributed by atoms with van der Waals surface area (Å²) in [5, 5.41) is 0. The predicted octanol–water partition coefficient (Wildman–Crippen LogP) is -0.0868. The molecule has 0 unspecified atom stereocenters. The van der Waals surface area contributed by atoms with Crippen molar-refractivity contribution in [3.8, 4) is 0 Å². The number of nitrogens with one attached hydrogen (secondary N) is 2. The van der Waals surface area contributed by atoms with E-state index in [4.69, 9.17) is 0 Å². The van der Waals surface area contributed by atoms with Crippen molar-refractivity contribution < 1.29 is 0 Å². The Labute approximate surface area is 37.9 Å². The molecule has 1 saturated heterocycles. The van der Waals surface area contributed by atoms with Crippen LogP contribution in [0.4, 0.5) is 0 Å². The molecule has 0 aromatic rings. The van der Waals surface area contributed by atoms with Crippen molar-refractivity contribution in [2.75, 3.05) is 6.54 Å². The molecule has 2 nitrogen and oxygen atoms in total. The smallest absolute Gasteiger partial charge is 0.0750 e. The summed E-state index contributed by atoms with van der Waals surface area (Å²) in [7, 11) is 0. The average Bonchev–Trinajstić information content (AvgIpc) is 1.72. The third-order valence-electron chi connectivity index (χ3n) is 0.780. The van der Waals surface area contributed by atoms with Crippen LogP contribution in [0.1, 0.15) is 12.8 Å². The first-order chi connectivity index (χ1) is 3.00. The molecule has 2 radical (unpaired) electrons. The molecule has 0 aromatic carbocycles.